The number of H-pyrrole nitrogens is 1. The van der Waals surface area contributed by atoms with Gasteiger partial charge in [0.15, 0.2) is 0 Å². The van der Waals surface area contributed by atoms with E-state index in [1.165, 1.54) is 7.11 Å². The molecule has 1 N–H and O–H groups in total. The molecule has 22 heavy (non-hydrogen) atoms. The number of rotatable bonds is 3. The summed E-state index contributed by atoms with van der Waals surface area (Å²) in [6.45, 7) is 0. The molecule has 0 aliphatic heterocycles. The molecule has 0 fully saturated rings. The first-order chi connectivity index (χ1) is 10.6. The number of methoxy groups -OCH3 is 1. The van der Waals surface area contributed by atoms with Gasteiger partial charge in [-0.05, 0) is 11.6 Å². The number of hydrogen-bond acceptors (Lipinski definition) is 4. The zero-order valence-corrected chi connectivity index (χ0v) is 12.3. The first-order valence-corrected chi connectivity index (χ1v) is 6.79. The molecular weight excluding hydrogens is 282 g/mol. The van der Waals surface area contributed by atoms with Gasteiger partial charge < -0.3 is 9.72 Å². The third-order valence-corrected chi connectivity index (χ3v) is 3.62. The number of imidazole rings is 1. The monoisotopic (exact) mass is 297 g/mol. The van der Waals surface area contributed by atoms with E-state index in [0.29, 0.717) is 5.52 Å². The number of benzene rings is 1. The summed E-state index contributed by atoms with van der Waals surface area (Å²) in [5.41, 5.74) is 3.91. The summed E-state index contributed by atoms with van der Waals surface area (Å²) in [6, 6.07) is 9.40. The van der Waals surface area contributed by atoms with E-state index in [9.17, 15) is 9.59 Å². The van der Waals surface area contributed by atoms with Crippen LogP contribution in [0.4, 0.5) is 0 Å². The molecule has 0 aliphatic rings. The number of aromatic amines is 1. The van der Waals surface area contributed by atoms with Crippen molar-refractivity contribution in [3.63, 3.8) is 0 Å². The van der Waals surface area contributed by atoms with Crippen molar-refractivity contribution in [2.45, 2.75) is 6.42 Å². The Morgan fingerprint density at radius 1 is 1.32 bits per heavy atom. The Morgan fingerprint density at radius 2 is 2.05 bits per heavy atom. The molecule has 0 saturated heterocycles. The second-order valence-corrected chi connectivity index (χ2v) is 5.03. The van der Waals surface area contributed by atoms with Crippen molar-refractivity contribution in [3.05, 3.63) is 52.6 Å². The molecule has 1 aromatic carbocycles. The lowest BCUT2D eigenvalue weighted by molar-refractivity contribution is -0.139. The average Bonchev–Trinajstić information content (AvgIpc) is 2.82. The van der Waals surface area contributed by atoms with Crippen LogP contribution >= 0.6 is 0 Å². The van der Waals surface area contributed by atoms with Crippen LogP contribution in [-0.4, -0.2) is 27.6 Å². The summed E-state index contributed by atoms with van der Waals surface area (Å²) in [7, 11) is 3.08. The highest BCUT2D eigenvalue weighted by Crippen LogP contribution is 2.21. The van der Waals surface area contributed by atoms with Crippen molar-refractivity contribution in [1.29, 1.82) is 0 Å². The predicted molar refractivity (Wildman–Crippen MR) is 82.5 cm³/mol. The SMILES string of the molecule is COC(=O)Cc1ccc(-c2cc3c(cn2)[nH]c(=O)n3C)cc1. The predicted octanol–water partition coefficient (Wildman–Crippen LogP) is 1.64. The van der Waals surface area contributed by atoms with E-state index < -0.39 is 0 Å². The molecule has 3 aromatic rings. The van der Waals surface area contributed by atoms with Crippen LogP contribution in [0.2, 0.25) is 0 Å². The number of aryl methyl sites for hydroxylation is 1. The number of nitrogens with zero attached hydrogens (tertiary/aromatic N) is 2. The number of esters is 1. The average molecular weight is 297 g/mol. The van der Waals surface area contributed by atoms with Gasteiger partial charge in [0.1, 0.15) is 0 Å². The molecule has 6 nitrogen and oxygen atoms in total. The van der Waals surface area contributed by atoms with Gasteiger partial charge in [-0.15, -0.1) is 0 Å². The largest absolute Gasteiger partial charge is 0.469 e. The molecule has 0 aliphatic carbocycles. The fourth-order valence-electron chi connectivity index (χ4n) is 2.32. The fourth-order valence-corrected chi connectivity index (χ4v) is 2.32. The van der Waals surface area contributed by atoms with Gasteiger partial charge in [-0.25, -0.2) is 4.79 Å². The molecule has 0 amide bonds. The maximum atomic E-state index is 11.6. The Labute approximate surface area is 126 Å². The third kappa shape index (κ3) is 2.50. The Hall–Kier alpha value is -2.89. The van der Waals surface area contributed by atoms with Crippen LogP contribution < -0.4 is 5.69 Å². The quantitative estimate of drug-likeness (QED) is 0.746. The number of aromatic nitrogens is 3. The minimum atomic E-state index is -0.269. The summed E-state index contributed by atoms with van der Waals surface area (Å²) >= 11 is 0. The highest BCUT2D eigenvalue weighted by molar-refractivity contribution is 5.79. The van der Waals surface area contributed by atoms with Crippen LogP contribution in [0.15, 0.2) is 41.3 Å². The third-order valence-electron chi connectivity index (χ3n) is 3.62. The van der Waals surface area contributed by atoms with Crippen molar-refractivity contribution < 1.29 is 9.53 Å². The molecule has 0 atom stereocenters. The van der Waals surface area contributed by atoms with E-state index in [-0.39, 0.29) is 18.1 Å². The zero-order chi connectivity index (χ0) is 15.7. The van der Waals surface area contributed by atoms with E-state index in [1.54, 1.807) is 17.8 Å². The number of ether oxygens (including phenoxy) is 1. The second-order valence-electron chi connectivity index (χ2n) is 5.03. The van der Waals surface area contributed by atoms with Crippen LogP contribution in [0.3, 0.4) is 0 Å². The highest BCUT2D eigenvalue weighted by Gasteiger charge is 2.08. The number of pyridine rings is 1. The minimum absolute atomic E-state index is 0.164. The van der Waals surface area contributed by atoms with E-state index in [0.717, 1.165) is 22.3 Å². The Morgan fingerprint density at radius 3 is 2.73 bits per heavy atom. The summed E-state index contributed by atoms with van der Waals surface area (Å²) < 4.78 is 6.19. The number of carbonyl (C=O) groups excluding carboxylic acids is 1. The zero-order valence-electron chi connectivity index (χ0n) is 12.3. The van der Waals surface area contributed by atoms with Crippen LogP contribution in [0, 0.1) is 0 Å². The molecular formula is C16H15N3O3. The number of fused-ring (bicyclic) bond motifs is 1. The van der Waals surface area contributed by atoms with Crippen LogP contribution in [-0.2, 0) is 23.0 Å². The van der Waals surface area contributed by atoms with E-state index in [2.05, 4.69) is 14.7 Å². The summed E-state index contributed by atoms with van der Waals surface area (Å²) in [5.74, 6) is -0.269. The van der Waals surface area contributed by atoms with Crippen molar-refractivity contribution >= 4 is 17.0 Å². The standard InChI is InChI=1S/C16H15N3O3/c1-19-14-8-12(17-9-13(14)18-16(19)21)11-5-3-10(4-6-11)7-15(20)22-2/h3-6,8-9H,7H2,1-2H3,(H,18,21). The van der Waals surface area contributed by atoms with Gasteiger partial charge in [0.2, 0.25) is 0 Å². The molecule has 0 radical (unpaired) electrons. The molecule has 3 rings (SSSR count). The molecule has 112 valence electrons. The number of carbonyl (C=O) groups is 1. The van der Waals surface area contributed by atoms with Crippen molar-refractivity contribution in [2.24, 2.45) is 7.05 Å². The molecule has 0 unspecified atom stereocenters. The molecule has 0 saturated carbocycles. The Kier molecular flexibility index (Phi) is 3.50. The first-order valence-electron chi connectivity index (χ1n) is 6.79. The Bertz CT molecular complexity index is 891. The molecule has 6 heteroatoms. The maximum absolute atomic E-state index is 11.6. The summed E-state index contributed by atoms with van der Waals surface area (Å²) in [6.07, 6.45) is 1.89. The van der Waals surface area contributed by atoms with E-state index in [1.807, 2.05) is 30.3 Å². The van der Waals surface area contributed by atoms with Crippen LogP contribution in [0.1, 0.15) is 5.56 Å². The molecule has 2 heterocycles. The topological polar surface area (TPSA) is 77.0 Å². The van der Waals surface area contributed by atoms with Gasteiger partial charge >= 0.3 is 11.7 Å². The number of hydrogen-bond donors (Lipinski definition) is 1. The maximum Gasteiger partial charge on any atom is 0.326 e. The molecule has 0 spiro atoms. The van der Waals surface area contributed by atoms with Gasteiger partial charge in [0, 0.05) is 12.6 Å². The second kappa shape index (κ2) is 5.48. The summed E-state index contributed by atoms with van der Waals surface area (Å²) in [4.78, 5) is 29.9. The van der Waals surface area contributed by atoms with Gasteiger partial charge in [-0.3, -0.25) is 14.3 Å². The summed E-state index contributed by atoms with van der Waals surface area (Å²) in [5, 5.41) is 0. The Balaban J connectivity index is 1.95. The van der Waals surface area contributed by atoms with Crippen molar-refractivity contribution in [3.8, 4) is 11.3 Å². The van der Waals surface area contributed by atoms with E-state index in [4.69, 9.17) is 0 Å². The van der Waals surface area contributed by atoms with Gasteiger partial charge in [0.25, 0.3) is 0 Å². The molecule has 0 bridgehead atoms. The lowest BCUT2D eigenvalue weighted by Gasteiger charge is -2.04. The van der Waals surface area contributed by atoms with E-state index >= 15 is 0 Å². The van der Waals surface area contributed by atoms with Crippen molar-refractivity contribution in [2.75, 3.05) is 7.11 Å². The number of nitrogens with one attached hydrogen (secondary N) is 1. The smallest absolute Gasteiger partial charge is 0.326 e. The lowest BCUT2D eigenvalue weighted by Crippen LogP contribution is -2.11. The van der Waals surface area contributed by atoms with Gasteiger partial charge in [0.05, 0.1) is 36.5 Å². The van der Waals surface area contributed by atoms with Crippen LogP contribution in [0.25, 0.3) is 22.3 Å². The first kappa shape index (κ1) is 14.1. The molecule has 2 aromatic heterocycles. The normalized spacial score (nSPS) is 10.8. The minimum Gasteiger partial charge on any atom is -0.469 e. The van der Waals surface area contributed by atoms with Crippen LogP contribution in [0.5, 0.6) is 0 Å². The van der Waals surface area contributed by atoms with Gasteiger partial charge in [-0.2, -0.15) is 0 Å². The van der Waals surface area contributed by atoms with Crippen molar-refractivity contribution in [1.82, 2.24) is 14.5 Å². The highest BCUT2D eigenvalue weighted by atomic mass is 16.5. The lowest BCUT2D eigenvalue weighted by atomic mass is 10.1. The fraction of sp³-hybridized carbons (Fsp3) is 0.188. The van der Waals surface area contributed by atoms with Gasteiger partial charge in [-0.1, -0.05) is 24.3 Å².